The molecule has 0 aliphatic rings. The van der Waals surface area contributed by atoms with E-state index < -0.39 is 269 Å². The average Bonchev–Trinajstić information content (AvgIpc) is 1.56. The molecule has 11 rings (SSSR count). The molecule has 53 heavy (non-hydrogen) atoms. The van der Waals surface area contributed by atoms with Gasteiger partial charge in [0.2, 0.25) is 0 Å². The second-order valence-electron chi connectivity index (χ2n) is 11.6. The van der Waals surface area contributed by atoms with Crippen LogP contribution in [0.2, 0.25) is 0 Å². The van der Waals surface area contributed by atoms with Gasteiger partial charge in [-0.2, -0.15) is 0 Å². The van der Waals surface area contributed by atoms with E-state index in [0.717, 1.165) is 9.13 Å². The van der Waals surface area contributed by atoms with Crippen molar-refractivity contribution in [2.75, 3.05) is 0 Å². The third-order valence-electron chi connectivity index (χ3n) is 8.60. The van der Waals surface area contributed by atoms with E-state index in [1.165, 1.54) is 6.92 Å². The molecule has 3 heterocycles. The summed E-state index contributed by atoms with van der Waals surface area (Å²) in [6.45, 7) is 1.34. The van der Waals surface area contributed by atoms with Gasteiger partial charge in [0.05, 0.1) is 73.0 Å². The van der Waals surface area contributed by atoms with E-state index in [1.54, 1.807) is 0 Å². The van der Waals surface area contributed by atoms with Crippen molar-refractivity contribution in [2.24, 2.45) is 0 Å². The summed E-state index contributed by atoms with van der Waals surface area (Å²) in [5.41, 5.74) is -7.02. The molecule has 4 nitrogen and oxygen atoms in total. The lowest BCUT2D eigenvalue weighted by Crippen LogP contribution is -1.97. The van der Waals surface area contributed by atoms with Crippen LogP contribution in [0.3, 0.4) is 0 Å². The van der Waals surface area contributed by atoms with Gasteiger partial charge in [-0.25, -0.2) is 9.97 Å². The number of nitrogens with zero attached hydrogens (tertiary/aromatic N) is 4. The highest BCUT2D eigenvalue weighted by molar-refractivity contribution is 6.28. The van der Waals surface area contributed by atoms with Gasteiger partial charge in [0.25, 0.3) is 0 Å². The summed E-state index contributed by atoms with van der Waals surface area (Å²) < 4.78 is 263. The van der Waals surface area contributed by atoms with Crippen LogP contribution in [0.15, 0.2) is 175 Å². The van der Waals surface area contributed by atoms with E-state index in [0.29, 0.717) is 0 Å². The number of hydrogen-bond donors (Lipinski definition) is 0. The fourth-order valence-corrected chi connectivity index (χ4v) is 6.40. The summed E-state index contributed by atoms with van der Waals surface area (Å²) in [4.78, 5) is 8.79. The van der Waals surface area contributed by atoms with E-state index in [9.17, 15) is 15.1 Å². The predicted molar refractivity (Wildman–Crippen MR) is 221 cm³/mol. The topological polar surface area (TPSA) is 35.6 Å². The molecule has 0 fully saturated rings. The Morgan fingerprint density at radius 1 is 0.434 bits per heavy atom. The molecule has 0 N–H and O–H groups in total. The summed E-state index contributed by atoms with van der Waals surface area (Å²) in [7, 11) is 0. The normalized spacial score (nSPS) is 19.5. The first-order valence-corrected chi connectivity index (χ1v) is 15.7. The second kappa shape index (κ2) is 11.5. The van der Waals surface area contributed by atoms with Crippen LogP contribution in [-0.2, 0) is 0 Å². The maximum atomic E-state index is 9.74. The number of aromatic nitrogens is 4. The van der Waals surface area contributed by atoms with E-state index in [1.807, 2.05) is 0 Å². The Balaban J connectivity index is 1.33. The first kappa shape index (κ1) is 12.9. The summed E-state index contributed by atoms with van der Waals surface area (Å²) >= 11 is 0. The van der Waals surface area contributed by atoms with Gasteiger partial charge in [0.15, 0.2) is 5.82 Å². The summed E-state index contributed by atoms with van der Waals surface area (Å²) in [6.07, 6.45) is 0. The smallest absolute Gasteiger partial charge is 0.160 e. The zero-order chi connectivity index (χ0) is 60.3. The zero-order valence-corrected chi connectivity index (χ0v) is 26.8. The zero-order valence-electron chi connectivity index (χ0n) is 55.8. The van der Waals surface area contributed by atoms with Crippen LogP contribution in [0.1, 0.15) is 45.3 Å². The number of benzene rings is 8. The highest BCUT2D eigenvalue weighted by Crippen LogP contribution is 2.42. The van der Waals surface area contributed by atoms with E-state index in [2.05, 4.69) is 9.97 Å². The lowest BCUT2D eigenvalue weighted by atomic mass is 10.0. The summed E-state index contributed by atoms with van der Waals surface area (Å²) in [5, 5.41) is -3.46. The molecule has 0 amide bonds. The van der Waals surface area contributed by atoms with Crippen LogP contribution in [0.25, 0.3) is 99.3 Å². The maximum Gasteiger partial charge on any atom is 0.160 e. The number of rotatable bonds is 4. The maximum absolute atomic E-state index is 9.74. The van der Waals surface area contributed by atoms with Crippen LogP contribution in [-0.4, -0.2) is 19.1 Å². The molecule has 0 atom stereocenters. The Morgan fingerprint density at radius 2 is 0.981 bits per heavy atom. The van der Waals surface area contributed by atoms with Gasteiger partial charge in [0.1, 0.15) is 0 Å². The Kier molecular flexibility index (Phi) is 2.79. The Bertz CT molecular complexity index is 4870. The van der Waals surface area contributed by atoms with Crippen molar-refractivity contribution in [1.29, 1.82) is 0 Å². The van der Waals surface area contributed by atoms with E-state index >= 15 is 0 Å². The molecular weight excluding hydrogens is 645 g/mol. The largest absolute Gasteiger partial charge is 0.309 e. The fourth-order valence-electron chi connectivity index (χ4n) is 6.40. The van der Waals surface area contributed by atoms with Crippen molar-refractivity contribution in [3.05, 3.63) is 181 Å². The first-order chi connectivity index (χ1) is 38.3. The van der Waals surface area contributed by atoms with Crippen molar-refractivity contribution in [2.45, 2.75) is 6.92 Å². The molecule has 0 saturated carbocycles. The highest BCUT2D eigenvalue weighted by atomic mass is 15.0. The van der Waals surface area contributed by atoms with Gasteiger partial charge >= 0.3 is 0 Å². The van der Waals surface area contributed by atoms with Gasteiger partial charge < -0.3 is 9.13 Å². The predicted octanol–water partition coefficient (Wildman–Crippen LogP) is 12.6. The quantitative estimate of drug-likeness (QED) is 0.183. The SMILES string of the molecule is [2H]c1c([2H])c([2H])c(-n2c3c([2H])c([2H])c([2H])c([2H])c3c3c4c5c([2H])c([2H])c([2H])c([2H])c5n(-c5c([2H])c([2H])c(-c6nc(-c7c([2H])c([2H])c8c([2H])c(C)c([2H])c([2H])c8c7[2H])c7c([2H])c([2H])c([2H])c([2H])c7n6)c([2H])c5[2H])c4c([2H])c([2H])c32)c([2H])c1[2H]. The minimum atomic E-state index is -1.08. The molecule has 248 valence electrons. The van der Waals surface area contributed by atoms with Gasteiger partial charge in [-0.15, -0.1) is 0 Å². The molecule has 8 aromatic carbocycles. The van der Waals surface area contributed by atoms with Gasteiger partial charge in [0, 0.05) is 49.4 Å². The van der Waals surface area contributed by atoms with Gasteiger partial charge in [-0.1, -0.05) is 108 Å². The number of hydrogen-bond acceptors (Lipinski definition) is 2. The third kappa shape index (κ3) is 4.56. The second-order valence-corrected chi connectivity index (χ2v) is 11.6. The minimum Gasteiger partial charge on any atom is -0.309 e. The molecule has 4 heteroatoms. The monoisotopic (exact) mass is 705 g/mol. The summed E-state index contributed by atoms with van der Waals surface area (Å²) in [6, 6.07) is -25.2. The first-order valence-electron chi connectivity index (χ1n) is 30.2. The lowest BCUT2D eigenvalue weighted by Gasteiger charge is -2.12. The highest BCUT2D eigenvalue weighted by Gasteiger charge is 2.20. The molecular formula is C49H32N4. The van der Waals surface area contributed by atoms with Crippen LogP contribution in [0.4, 0.5) is 0 Å². The van der Waals surface area contributed by atoms with E-state index in [4.69, 9.17) is 24.7 Å². The van der Waals surface area contributed by atoms with Gasteiger partial charge in [-0.05, 0) is 90.2 Å². The van der Waals surface area contributed by atoms with Crippen molar-refractivity contribution >= 4 is 65.3 Å². The standard InChI is InChI=1S/C49H32N4/c1-31-19-20-34-30-35(22-21-33(34)29-31)48-38-13-5-8-16-41(38)50-49(51-48)32-23-25-37(26-24-32)53-43-18-10-7-15-40(43)47-45(53)28-27-44-46(47)39-14-6-9-17-42(39)52(44)36-11-3-2-4-12-36/h2-30H,1H3/i2D,3D,4D,5D,6D,7D,8D,9D,10D,11D,12D,13D,14D,15D,16D,17D,18D,19D,20D,21D,22D,23D,24D,25D,26D,27D,28D,29D,30D. The Morgan fingerprint density at radius 3 is 1.68 bits per heavy atom. The van der Waals surface area contributed by atoms with Gasteiger partial charge in [-0.3, -0.25) is 0 Å². The van der Waals surface area contributed by atoms with Crippen LogP contribution >= 0.6 is 0 Å². The minimum absolute atomic E-state index is 0.0440. The molecule has 0 aliphatic heterocycles. The Hall–Kier alpha value is -7.04. The number of para-hydroxylation sites is 4. The molecule has 0 unspecified atom stereocenters. The lowest BCUT2D eigenvalue weighted by molar-refractivity contribution is 1.17. The fraction of sp³-hybridized carbons (Fsp3) is 0.0204. The molecule has 3 aromatic heterocycles. The van der Waals surface area contributed by atoms with Crippen LogP contribution in [0, 0.1) is 6.92 Å². The molecule has 0 saturated heterocycles. The van der Waals surface area contributed by atoms with Crippen LogP contribution in [0.5, 0.6) is 0 Å². The van der Waals surface area contributed by atoms with Crippen molar-refractivity contribution in [3.63, 3.8) is 0 Å². The third-order valence-corrected chi connectivity index (χ3v) is 8.60. The number of fused-ring (bicyclic) bond motifs is 9. The Labute approximate surface area is 346 Å². The van der Waals surface area contributed by atoms with Crippen molar-refractivity contribution in [3.8, 4) is 34.0 Å². The van der Waals surface area contributed by atoms with Crippen molar-refractivity contribution < 1.29 is 39.8 Å². The van der Waals surface area contributed by atoms with Crippen LogP contribution < -0.4 is 0 Å². The molecule has 0 bridgehead atoms. The molecule has 0 spiro atoms. The molecule has 0 aliphatic carbocycles. The van der Waals surface area contributed by atoms with Crippen molar-refractivity contribution in [1.82, 2.24) is 19.1 Å². The molecule has 0 radical (unpaired) electrons. The molecule has 11 aromatic rings. The average molecular weight is 706 g/mol. The summed E-state index contributed by atoms with van der Waals surface area (Å²) in [5.74, 6) is -0.839. The van der Waals surface area contributed by atoms with E-state index in [-0.39, 0.29) is 10.9 Å².